The van der Waals surface area contributed by atoms with Crippen LogP contribution in [0.2, 0.25) is 0 Å². The Balaban J connectivity index is 1.91. The molecule has 1 saturated carbocycles. The maximum Gasteiger partial charge on any atom is 0.135 e. The van der Waals surface area contributed by atoms with Crippen molar-refractivity contribution >= 4 is 5.78 Å². The number of piperidine rings is 1. The summed E-state index contributed by atoms with van der Waals surface area (Å²) in [7, 11) is 0. The first-order chi connectivity index (χ1) is 7.09. The average molecular weight is 209 g/mol. The highest BCUT2D eigenvalue weighted by Gasteiger charge is 2.33. The number of hydrogen-bond donors (Lipinski definition) is 0. The van der Waals surface area contributed by atoms with E-state index in [0.717, 1.165) is 19.4 Å². The van der Waals surface area contributed by atoms with Crippen LogP contribution >= 0.6 is 0 Å². The maximum absolute atomic E-state index is 11.3. The molecule has 0 radical (unpaired) electrons. The van der Waals surface area contributed by atoms with Gasteiger partial charge < -0.3 is 0 Å². The maximum atomic E-state index is 11.3. The van der Waals surface area contributed by atoms with Gasteiger partial charge in [0.05, 0.1) is 0 Å². The van der Waals surface area contributed by atoms with Crippen LogP contribution in [0.15, 0.2) is 0 Å². The highest BCUT2D eigenvalue weighted by Crippen LogP contribution is 2.39. The summed E-state index contributed by atoms with van der Waals surface area (Å²) in [5, 5.41) is 0. The Bertz CT molecular complexity index is 243. The van der Waals surface area contributed by atoms with Crippen LogP contribution in [0.4, 0.5) is 0 Å². The highest BCUT2D eigenvalue weighted by atomic mass is 16.1. The second-order valence-electron chi connectivity index (χ2n) is 5.83. The van der Waals surface area contributed by atoms with Crippen molar-refractivity contribution in [3.05, 3.63) is 0 Å². The number of ketones is 1. The lowest BCUT2D eigenvalue weighted by Crippen LogP contribution is -2.45. The van der Waals surface area contributed by atoms with Gasteiger partial charge in [0.2, 0.25) is 0 Å². The lowest BCUT2D eigenvalue weighted by Gasteiger charge is -2.38. The first-order valence-corrected chi connectivity index (χ1v) is 6.35. The molecule has 2 heteroatoms. The summed E-state index contributed by atoms with van der Waals surface area (Å²) in [5.41, 5.74) is 0.536. The highest BCUT2D eigenvalue weighted by molar-refractivity contribution is 5.79. The van der Waals surface area contributed by atoms with E-state index in [1.165, 1.54) is 32.2 Å². The molecule has 1 unspecified atom stereocenters. The molecular formula is C13H23NO. The van der Waals surface area contributed by atoms with Gasteiger partial charge in [0.1, 0.15) is 5.78 Å². The number of rotatable bonds is 2. The summed E-state index contributed by atoms with van der Waals surface area (Å²) in [4.78, 5) is 13.8. The molecule has 0 aromatic carbocycles. The SMILES string of the molecule is CC1CC(=O)CCN1CC1(C)CCCC1. The topological polar surface area (TPSA) is 20.3 Å². The third-order valence-corrected chi connectivity index (χ3v) is 4.22. The molecule has 0 bridgehead atoms. The van der Waals surface area contributed by atoms with Gasteiger partial charge >= 0.3 is 0 Å². The van der Waals surface area contributed by atoms with Crippen molar-refractivity contribution in [1.82, 2.24) is 4.90 Å². The molecule has 0 amide bonds. The zero-order valence-corrected chi connectivity index (χ0v) is 10.1. The van der Waals surface area contributed by atoms with E-state index in [1.807, 2.05) is 0 Å². The molecule has 0 N–H and O–H groups in total. The van der Waals surface area contributed by atoms with Crippen LogP contribution in [0.5, 0.6) is 0 Å². The third-order valence-electron chi connectivity index (χ3n) is 4.22. The second kappa shape index (κ2) is 4.25. The largest absolute Gasteiger partial charge is 0.300 e. The van der Waals surface area contributed by atoms with Gasteiger partial charge in [-0.1, -0.05) is 19.8 Å². The molecule has 1 aliphatic carbocycles. The van der Waals surface area contributed by atoms with Gasteiger partial charge in [0.15, 0.2) is 0 Å². The summed E-state index contributed by atoms with van der Waals surface area (Å²) in [5.74, 6) is 0.454. The van der Waals surface area contributed by atoms with Crippen molar-refractivity contribution in [2.24, 2.45) is 5.41 Å². The van der Waals surface area contributed by atoms with Crippen molar-refractivity contribution in [3.63, 3.8) is 0 Å². The molecule has 15 heavy (non-hydrogen) atoms. The molecule has 0 aromatic rings. The van der Waals surface area contributed by atoms with E-state index in [1.54, 1.807) is 0 Å². The molecule has 1 saturated heterocycles. The quantitative estimate of drug-likeness (QED) is 0.697. The van der Waals surface area contributed by atoms with E-state index in [2.05, 4.69) is 18.7 Å². The molecule has 1 heterocycles. The minimum Gasteiger partial charge on any atom is -0.300 e. The zero-order valence-electron chi connectivity index (χ0n) is 10.1. The van der Waals surface area contributed by atoms with Gasteiger partial charge in [-0.2, -0.15) is 0 Å². The van der Waals surface area contributed by atoms with Crippen molar-refractivity contribution < 1.29 is 4.79 Å². The smallest absolute Gasteiger partial charge is 0.135 e. The Morgan fingerprint density at radius 2 is 2.07 bits per heavy atom. The molecular weight excluding hydrogens is 186 g/mol. The lowest BCUT2D eigenvalue weighted by atomic mass is 9.86. The molecule has 86 valence electrons. The van der Waals surface area contributed by atoms with Gasteiger partial charge in [-0.25, -0.2) is 0 Å². The summed E-state index contributed by atoms with van der Waals surface area (Å²) in [6.45, 7) is 6.83. The minimum absolute atomic E-state index is 0.454. The predicted octanol–water partition coefficient (Wildman–Crippen LogP) is 2.62. The normalized spacial score (nSPS) is 32.1. The molecule has 1 aliphatic heterocycles. The van der Waals surface area contributed by atoms with Crippen molar-refractivity contribution in [3.8, 4) is 0 Å². The van der Waals surface area contributed by atoms with Gasteiger partial charge in [-0.05, 0) is 25.2 Å². The Hall–Kier alpha value is -0.370. The first kappa shape index (κ1) is 11.1. The lowest BCUT2D eigenvalue weighted by molar-refractivity contribution is -0.123. The van der Waals surface area contributed by atoms with Crippen LogP contribution in [0.25, 0.3) is 0 Å². The minimum atomic E-state index is 0.454. The van der Waals surface area contributed by atoms with Crippen LogP contribution in [-0.2, 0) is 4.79 Å². The Labute approximate surface area is 93.0 Å². The summed E-state index contributed by atoms with van der Waals surface area (Å²) < 4.78 is 0. The van der Waals surface area contributed by atoms with Gasteiger partial charge in [-0.15, -0.1) is 0 Å². The summed E-state index contributed by atoms with van der Waals surface area (Å²) in [6.07, 6.45) is 7.11. The van der Waals surface area contributed by atoms with E-state index in [-0.39, 0.29) is 0 Å². The monoisotopic (exact) mass is 209 g/mol. The van der Waals surface area contributed by atoms with E-state index < -0.39 is 0 Å². The van der Waals surface area contributed by atoms with E-state index in [9.17, 15) is 4.79 Å². The van der Waals surface area contributed by atoms with Gasteiger partial charge in [0.25, 0.3) is 0 Å². The van der Waals surface area contributed by atoms with Gasteiger partial charge in [0, 0.05) is 32.0 Å². The van der Waals surface area contributed by atoms with Crippen LogP contribution < -0.4 is 0 Å². The molecule has 2 aliphatic rings. The molecule has 1 atom stereocenters. The fourth-order valence-corrected chi connectivity index (χ4v) is 3.16. The summed E-state index contributed by atoms with van der Waals surface area (Å²) in [6, 6.07) is 0.476. The van der Waals surface area contributed by atoms with Crippen LogP contribution in [0.1, 0.15) is 52.4 Å². The van der Waals surface area contributed by atoms with Crippen molar-refractivity contribution in [2.45, 2.75) is 58.4 Å². The van der Waals surface area contributed by atoms with Crippen molar-refractivity contribution in [1.29, 1.82) is 0 Å². The Morgan fingerprint density at radius 3 is 2.67 bits per heavy atom. The predicted molar refractivity (Wildman–Crippen MR) is 61.9 cm³/mol. The number of Topliss-reactive ketones (excluding diaryl/α,β-unsaturated/α-hetero) is 1. The molecule has 0 spiro atoms. The fraction of sp³-hybridized carbons (Fsp3) is 0.923. The number of nitrogens with zero attached hydrogens (tertiary/aromatic N) is 1. The number of carbonyl (C=O) groups excluding carboxylic acids is 1. The number of carbonyl (C=O) groups is 1. The third kappa shape index (κ3) is 2.60. The standard InChI is InChI=1S/C13H23NO/c1-11-9-12(15)5-8-14(11)10-13(2)6-3-4-7-13/h11H,3-10H2,1-2H3. The molecule has 0 aromatic heterocycles. The van der Waals surface area contributed by atoms with Gasteiger partial charge in [-0.3, -0.25) is 9.69 Å². The first-order valence-electron chi connectivity index (χ1n) is 6.35. The van der Waals surface area contributed by atoms with Crippen LogP contribution in [-0.4, -0.2) is 29.8 Å². The fourth-order valence-electron chi connectivity index (χ4n) is 3.16. The number of likely N-dealkylation sites (tertiary alicyclic amines) is 1. The van der Waals surface area contributed by atoms with Crippen molar-refractivity contribution in [2.75, 3.05) is 13.1 Å². The zero-order chi connectivity index (χ0) is 10.9. The second-order valence-corrected chi connectivity index (χ2v) is 5.83. The van der Waals surface area contributed by atoms with E-state index in [4.69, 9.17) is 0 Å². The number of hydrogen-bond acceptors (Lipinski definition) is 2. The van der Waals surface area contributed by atoms with E-state index in [0.29, 0.717) is 17.2 Å². The summed E-state index contributed by atoms with van der Waals surface area (Å²) >= 11 is 0. The molecule has 2 fully saturated rings. The molecule has 2 rings (SSSR count). The van der Waals surface area contributed by atoms with Crippen LogP contribution in [0, 0.1) is 5.41 Å². The Morgan fingerprint density at radius 1 is 1.40 bits per heavy atom. The van der Waals surface area contributed by atoms with E-state index >= 15 is 0 Å². The average Bonchev–Trinajstić information content (AvgIpc) is 2.58. The Kier molecular flexibility index (Phi) is 3.15. The molecule has 2 nitrogen and oxygen atoms in total. The van der Waals surface area contributed by atoms with Crippen LogP contribution in [0.3, 0.4) is 0 Å².